The summed E-state index contributed by atoms with van der Waals surface area (Å²) in [4.78, 5) is 15.0. The number of amides is 1. The fourth-order valence-electron chi connectivity index (χ4n) is 3.37. The van der Waals surface area contributed by atoms with Crippen molar-refractivity contribution in [3.8, 4) is 0 Å². The average Bonchev–Trinajstić information content (AvgIpc) is 3.11. The van der Waals surface area contributed by atoms with Gasteiger partial charge in [0.1, 0.15) is 11.9 Å². The Morgan fingerprint density at radius 2 is 1.86 bits per heavy atom. The molecule has 1 amide bonds. The molecule has 0 bridgehead atoms. The Labute approximate surface area is 182 Å². The van der Waals surface area contributed by atoms with Gasteiger partial charge < -0.3 is 15.4 Å². The number of aryl methyl sites for hydroxylation is 1. The number of carbonyl (C=O) groups is 1. The maximum atomic E-state index is 13.3. The van der Waals surface area contributed by atoms with Gasteiger partial charge >= 0.3 is 0 Å². The zero-order valence-corrected chi connectivity index (χ0v) is 18.1. The highest BCUT2D eigenvalue weighted by molar-refractivity contribution is 5.85. The number of nitrogens with one attached hydrogen (secondary N) is 2. The van der Waals surface area contributed by atoms with Crippen LogP contribution in [0.1, 0.15) is 23.2 Å². The third-order valence-corrected chi connectivity index (χ3v) is 4.82. The first-order valence-corrected chi connectivity index (χ1v) is 9.09. The van der Waals surface area contributed by atoms with Crippen molar-refractivity contribution in [2.75, 3.05) is 39.9 Å². The van der Waals surface area contributed by atoms with Gasteiger partial charge in [-0.3, -0.25) is 14.4 Å². The second kappa shape index (κ2) is 12.1. The molecular formula is C19H28Cl2FN5O2. The highest BCUT2D eigenvalue weighted by Gasteiger charge is 2.25. The van der Waals surface area contributed by atoms with Crippen molar-refractivity contribution in [2.24, 2.45) is 7.05 Å². The molecule has 1 fully saturated rings. The topological polar surface area (TPSA) is 71.4 Å². The van der Waals surface area contributed by atoms with Crippen molar-refractivity contribution in [1.29, 1.82) is 0 Å². The van der Waals surface area contributed by atoms with E-state index in [4.69, 9.17) is 4.74 Å². The van der Waals surface area contributed by atoms with E-state index in [1.165, 1.54) is 12.1 Å². The van der Waals surface area contributed by atoms with Gasteiger partial charge in [-0.15, -0.1) is 24.8 Å². The zero-order chi connectivity index (χ0) is 19.2. The molecule has 0 aliphatic carbocycles. The van der Waals surface area contributed by atoms with Gasteiger partial charge in [0, 0.05) is 38.4 Å². The highest BCUT2D eigenvalue weighted by atomic mass is 35.5. The van der Waals surface area contributed by atoms with Gasteiger partial charge in [0.05, 0.1) is 25.5 Å². The van der Waals surface area contributed by atoms with Crippen molar-refractivity contribution in [3.63, 3.8) is 0 Å². The number of halogens is 3. The second-order valence-corrected chi connectivity index (χ2v) is 6.63. The molecule has 162 valence electrons. The minimum absolute atomic E-state index is 0. The Morgan fingerprint density at radius 1 is 1.21 bits per heavy atom. The number of benzene rings is 1. The van der Waals surface area contributed by atoms with Gasteiger partial charge in [0.25, 0.3) is 0 Å². The summed E-state index contributed by atoms with van der Waals surface area (Å²) in [7, 11) is 3.56. The second-order valence-electron chi connectivity index (χ2n) is 6.63. The molecule has 0 saturated carbocycles. The van der Waals surface area contributed by atoms with Crippen LogP contribution < -0.4 is 10.6 Å². The molecule has 0 radical (unpaired) electrons. The lowest BCUT2D eigenvalue weighted by Crippen LogP contribution is -2.45. The summed E-state index contributed by atoms with van der Waals surface area (Å²) >= 11 is 0. The summed E-state index contributed by atoms with van der Waals surface area (Å²) in [5.41, 5.74) is 1.78. The van der Waals surface area contributed by atoms with Crippen LogP contribution in [0.3, 0.4) is 0 Å². The monoisotopic (exact) mass is 447 g/mol. The number of likely N-dealkylation sites (N-methyl/N-ethyl adjacent to an activating group) is 1. The highest BCUT2D eigenvalue weighted by Crippen LogP contribution is 2.22. The predicted molar refractivity (Wildman–Crippen MR) is 114 cm³/mol. The number of hydrogen-bond acceptors (Lipinski definition) is 5. The SMILES string of the molecule is CNC(C(=O)NCC(c1ccc(F)cc1)N1CCOCC1)c1cnn(C)c1.Cl.Cl. The molecule has 2 heterocycles. The van der Waals surface area contributed by atoms with E-state index < -0.39 is 6.04 Å². The molecule has 1 aromatic heterocycles. The molecule has 2 aromatic rings. The molecule has 2 N–H and O–H groups in total. The van der Waals surface area contributed by atoms with Crippen LogP contribution in [-0.2, 0) is 16.6 Å². The number of morpholine rings is 1. The summed E-state index contributed by atoms with van der Waals surface area (Å²) in [5.74, 6) is -0.388. The third-order valence-electron chi connectivity index (χ3n) is 4.82. The van der Waals surface area contributed by atoms with E-state index in [1.54, 1.807) is 30.1 Å². The van der Waals surface area contributed by atoms with Gasteiger partial charge in [-0.1, -0.05) is 12.1 Å². The maximum Gasteiger partial charge on any atom is 0.241 e. The summed E-state index contributed by atoms with van der Waals surface area (Å²) in [6, 6.07) is 5.95. The molecule has 1 aliphatic rings. The number of aromatic nitrogens is 2. The predicted octanol–water partition coefficient (Wildman–Crippen LogP) is 1.85. The van der Waals surface area contributed by atoms with Gasteiger partial charge in [-0.2, -0.15) is 5.10 Å². The summed E-state index contributed by atoms with van der Waals surface area (Å²) in [6.07, 6.45) is 3.50. The van der Waals surface area contributed by atoms with Crippen LogP contribution in [0.4, 0.5) is 4.39 Å². The molecule has 7 nitrogen and oxygen atoms in total. The van der Waals surface area contributed by atoms with Crippen molar-refractivity contribution in [2.45, 2.75) is 12.1 Å². The van der Waals surface area contributed by atoms with Crippen LogP contribution in [0.5, 0.6) is 0 Å². The summed E-state index contributed by atoms with van der Waals surface area (Å²) in [5, 5.41) is 10.2. The van der Waals surface area contributed by atoms with Crippen molar-refractivity contribution in [3.05, 3.63) is 53.6 Å². The minimum Gasteiger partial charge on any atom is -0.379 e. The first-order valence-electron chi connectivity index (χ1n) is 9.09. The Bertz CT molecular complexity index is 753. The first kappa shape index (κ1) is 25.3. The fraction of sp³-hybridized carbons (Fsp3) is 0.474. The van der Waals surface area contributed by atoms with Crippen LogP contribution in [-0.4, -0.2) is 60.5 Å². The molecule has 1 aromatic carbocycles. The van der Waals surface area contributed by atoms with Crippen LogP contribution in [0.25, 0.3) is 0 Å². The zero-order valence-electron chi connectivity index (χ0n) is 16.5. The number of carbonyl (C=O) groups excluding carboxylic acids is 1. The number of nitrogens with zero attached hydrogens (tertiary/aromatic N) is 3. The molecule has 10 heteroatoms. The average molecular weight is 448 g/mol. The van der Waals surface area contributed by atoms with E-state index in [0.717, 1.165) is 24.2 Å². The normalized spacial score (nSPS) is 16.2. The first-order chi connectivity index (χ1) is 13.1. The smallest absolute Gasteiger partial charge is 0.241 e. The Hall–Kier alpha value is -1.71. The number of rotatable bonds is 7. The molecule has 2 unspecified atom stereocenters. The van der Waals surface area contributed by atoms with E-state index in [1.807, 2.05) is 13.2 Å². The van der Waals surface area contributed by atoms with Crippen LogP contribution >= 0.6 is 24.8 Å². The number of ether oxygens (including phenoxy) is 1. The van der Waals surface area contributed by atoms with Crippen LogP contribution in [0, 0.1) is 5.82 Å². The van der Waals surface area contributed by atoms with Gasteiger partial charge in [0.15, 0.2) is 0 Å². The number of hydrogen-bond donors (Lipinski definition) is 2. The lowest BCUT2D eigenvalue weighted by atomic mass is 10.0. The van der Waals surface area contributed by atoms with E-state index >= 15 is 0 Å². The van der Waals surface area contributed by atoms with E-state index in [-0.39, 0.29) is 42.6 Å². The molecule has 1 saturated heterocycles. The standard InChI is InChI=1S/C19H26FN5O2.2ClH/c1-21-18(15-11-23-24(2)13-15)19(26)22-12-17(25-7-9-27-10-8-25)14-3-5-16(20)6-4-14;;/h3-6,11,13,17-18,21H,7-10,12H2,1-2H3,(H,22,26);2*1H. The Balaban J connectivity index is 0.00000210. The Morgan fingerprint density at radius 3 is 2.41 bits per heavy atom. The van der Waals surface area contributed by atoms with Crippen LogP contribution in [0.2, 0.25) is 0 Å². The molecule has 2 atom stereocenters. The van der Waals surface area contributed by atoms with E-state index in [2.05, 4.69) is 20.6 Å². The molecule has 3 rings (SSSR count). The fourth-order valence-corrected chi connectivity index (χ4v) is 3.37. The van der Waals surface area contributed by atoms with Gasteiger partial charge in [-0.05, 0) is 24.7 Å². The van der Waals surface area contributed by atoms with E-state index in [0.29, 0.717) is 19.8 Å². The summed E-state index contributed by atoms with van der Waals surface area (Å²) < 4.78 is 20.4. The Kier molecular flexibility index (Phi) is 10.6. The van der Waals surface area contributed by atoms with Gasteiger partial charge in [-0.25, -0.2) is 4.39 Å². The third kappa shape index (κ3) is 6.65. The van der Waals surface area contributed by atoms with Crippen LogP contribution in [0.15, 0.2) is 36.7 Å². The quantitative estimate of drug-likeness (QED) is 0.677. The van der Waals surface area contributed by atoms with Gasteiger partial charge in [0.2, 0.25) is 5.91 Å². The largest absolute Gasteiger partial charge is 0.379 e. The molecular weight excluding hydrogens is 420 g/mol. The van der Waals surface area contributed by atoms with Crippen molar-refractivity contribution >= 4 is 30.7 Å². The lowest BCUT2D eigenvalue weighted by molar-refractivity contribution is -0.123. The van der Waals surface area contributed by atoms with E-state index in [9.17, 15) is 9.18 Å². The molecule has 29 heavy (non-hydrogen) atoms. The molecule has 1 aliphatic heterocycles. The lowest BCUT2D eigenvalue weighted by Gasteiger charge is -2.35. The molecule has 0 spiro atoms. The van der Waals surface area contributed by atoms with Crippen molar-refractivity contribution < 1.29 is 13.9 Å². The maximum absolute atomic E-state index is 13.3. The van der Waals surface area contributed by atoms with Crippen molar-refractivity contribution in [1.82, 2.24) is 25.3 Å². The summed E-state index contributed by atoms with van der Waals surface area (Å²) in [6.45, 7) is 3.29. The minimum atomic E-state index is -0.475.